The van der Waals surface area contributed by atoms with Gasteiger partial charge in [0.2, 0.25) is 5.91 Å². The lowest BCUT2D eigenvalue weighted by molar-refractivity contribution is -0.131. The molecule has 1 N–H and O–H groups in total. The number of aryl methyl sites for hydroxylation is 1. The highest BCUT2D eigenvalue weighted by molar-refractivity contribution is 7.18. The van der Waals surface area contributed by atoms with Gasteiger partial charge >= 0.3 is 0 Å². The number of amides is 1. The summed E-state index contributed by atoms with van der Waals surface area (Å²) < 4.78 is 0. The second-order valence-electron chi connectivity index (χ2n) is 7.00. The number of hydrogen-bond acceptors (Lipinski definition) is 6. The van der Waals surface area contributed by atoms with Gasteiger partial charge in [-0.1, -0.05) is 37.3 Å². The van der Waals surface area contributed by atoms with Crippen LogP contribution in [0.3, 0.4) is 0 Å². The SMILES string of the molecule is CCc1cc2c(NCC(=O)N3CCN(Cc4ccccc4)CC3)ncnc2s1. The van der Waals surface area contributed by atoms with Crippen molar-refractivity contribution in [2.24, 2.45) is 0 Å². The molecule has 2 aromatic heterocycles. The molecule has 0 radical (unpaired) electrons. The lowest BCUT2D eigenvalue weighted by atomic mass is 10.2. The van der Waals surface area contributed by atoms with Gasteiger partial charge < -0.3 is 10.2 Å². The third kappa shape index (κ3) is 4.31. The number of hydrogen-bond donors (Lipinski definition) is 1. The molecule has 0 aliphatic carbocycles. The lowest BCUT2D eigenvalue weighted by Gasteiger charge is -2.34. The van der Waals surface area contributed by atoms with Gasteiger partial charge in [0.15, 0.2) is 0 Å². The van der Waals surface area contributed by atoms with Crippen LogP contribution in [0, 0.1) is 0 Å². The Morgan fingerprint density at radius 1 is 1.14 bits per heavy atom. The molecule has 3 aromatic rings. The van der Waals surface area contributed by atoms with E-state index in [0.717, 1.165) is 55.2 Å². The minimum atomic E-state index is 0.122. The van der Waals surface area contributed by atoms with Crippen LogP contribution in [-0.2, 0) is 17.8 Å². The molecule has 1 aliphatic rings. The number of carbonyl (C=O) groups excluding carboxylic acids is 1. The van der Waals surface area contributed by atoms with Gasteiger partial charge in [0.25, 0.3) is 0 Å². The number of fused-ring (bicyclic) bond motifs is 1. The Kier molecular flexibility index (Phi) is 5.83. The number of aromatic nitrogens is 2. The summed E-state index contributed by atoms with van der Waals surface area (Å²) >= 11 is 1.68. The van der Waals surface area contributed by atoms with Gasteiger partial charge in [-0.15, -0.1) is 11.3 Å². The molecule has 0 unspecified atom stereocenters. The number of anilines is 1. The fourth-order valence-electron chi connectivity index (χ4n) is 3.49. The second kappa shape index (κ2) is 8.67. The monoisotopic (exact) mass is 395 g/mol. The predicted octanol–water partition coefficient (Wildman–Crippen LogP) is 3.01. The standard InChI is InChI=1S/C21H25N5OS/c1-2-17-12-18-20(23-15-24-21(18)28-17)22-13-19(27)26-10-8-25(9-11-26)14-16-6-4-3-5-7-16/h3-7,12,15H,2,8-11,13-14H2,1H3,(H,22,23,24). The Hall–Kier alpha value is -2.51. The quantitative estimate of drug-likeness (QED) is 0.695. The van der Waals surface area contributed by atoms with E-state index in [9.17, 15) is 4.79 Å². The van der Waals surface area contributed by atoms with E-state index in [2.05, 4.69) is 57.4 Å². The molecule has 0 saturated carbocycles. The van der Waals surface area contributed by atoms with Crippen molar-refractivity contribution in [2.75, 3.05) is 38.0 Å². The molecule has 1 amide bonds. The van der Waals surface area contributed by atoms with Crippen LogP contribution >= 0.6 is 11.3 Å². The van der Waals surface area contributed by atoms with Crippen LogP contribution in [0.15, 0.2) is 42.7 Å². The van der Waals surface area contributed by atoms with Gasteiger partial charge in [0, 0.05) is 37.6 Å². The van der Waals surface area contributed by atoms with E-state index in [-0.39, 0.29) is 12.5 Å². The maximum absolute atomic E-state index is 12.6. The van der Waals surface area contributed by atoms with E-state index >= 15 is 0 Å². The van der Waals surface area contributed by atoms with Crippen LogP contribution in [0.25, 0.3) is 10.2 Å². The number of nitrogens with one attached hydrogen (secondary N) is 1. The van der Waals surface area contributed by atoms with Crippen LogP contribution in [0.5, 0.6) is 0 Å². The zero-order chi connectivity index (χ0) is 19.3. The van der Waals surface area contributed by atoms with Gasteiger partial charge in [0.1, 0.15) is 17.0 Å². The van der Waals surface area contributed by atoms with Crippen molar-refractivity contribution >= 4 is 33.3 Å². The Morgan fingerprint density at radius 2 is 1.93 bits per heavy atom. The first-order valence-electron chi connectivity index (χ1n) is 9.74. The van der Waals surface area contributed by atoms with E-state index in [1.54, 1.807) is 17.7 Å². The largest absolute Gasteiger partial charge is 0.360 e. The summed E-state index contributed by atoms with van der Waals surface area (Å²) in [5, 5.41) is 4.23. The van der Waals surface area contributed by atoms with E-state index in [0.29, 0.717) is 0 Å². The van der Waals surface area contributed by atoms with Crippen LogP contribution in [-0.4, -0.2) is 58.4 Å². The van der Waals surface area contributed by atoms with Gasteiger partial charge in [0.05, 0.1) is 11.9 Å². The van der Waals surface area contributed by atoms with Crippen LogP contribution in [0.1, 0.15) is 17.4 Å². The second-order valence-corrected chi connectivity index (χ2v) is 8.12. The zero-order valence-corrected chi connectivity index (χ0v) is 16.9. The minimum absolute atomic E-state index is 0.122. The summed E-state index contributed by atoms with van der Waals surface area (Å²) in [6, 6.07) is 12.6. The zero-order valence-electron chi connectivity index (χ0n) is 16.1. The number of benzene rings is 1. The third-order valence-corrected chi connectivity index (χ3v) is 6.30. The number of thiophene rings is 1. The number of rotatable bonds is 6. The van der Waals surface area contributed by atoms with E-state index in [1.165, 1.54) is 10.4 Å². The van der Waals surface area contributed by atoms with Crippen molar-refractivity contribution in [1.82, 2.24) is 19.8 Å². The number of nitrogens with zero attached hydrogens (tertiary/aromatic N) is 4. The molecule has 7 heteroatoms. The Morgan fingerprint density at radius 3 is 2.68 bits per heavy atom. The first-order chi connectivity index (χ1) is 13.7. The molecule has 1 aromatic carbocycles. The molecule has 6 nitrogen and oxygen atoms in total. The minimum Gasteiger partial charge on any atom is -0.360 e. The molecule has 0 atom stereocenters. The number of carbonyl (C=O) groups is 1. The van der Waals surface area contributed by atoms with Gasteiger partial charge in [-0.3, -0.25) is 9.69 Å². The van der Waals surface area contributed by atoms with Gasteiger partial charge in [-0.2, -0.15) is 0 Å². The highest BCUT2D eigenvalue weighted by Crippen LogP contribution is 2.28. The van der Waals surface area contributed by atoms with Crippen molar-refractivity contribution < 1.29 is 4.79 Å². The normalized spacial score (nSPS) is 15.1. The van der Waals surface area contributed by atoms with Crippen LogP contribution in [0.4, 0.5) is 5.82 Å². The molecule has 1 aliphatic heterocycles. The lowest BCUT2D eigenvalue weighted by Crippen LogP contribution is -2.49. The van der Waals surface area contributed by atoms with Crippen molar-refractivity contribution in [3.63, 3.8) is 0 Å². The highest BCUT2D eigenvalue weighted by atomic mass is 32.1. The maximum atomic E-state index is 12.6. The van der Waals surface area contributed by atoms with Gasteiger partial charge in [-0.25, -0.2) is 9.97 Å². The molecule has 3 heterocycles. The Bertz CT molecular complexity index is 934. The van der Waals surface area contributed by atoms with Crippen LogP contribution < -0.4 is 5.32 Å². The molecular weight excluding hydrogens is 370 g/mol. The molecule has 0 spiro atoms. The van der Waals surface area contributed by atoms with E-state index in [1.807, 2.05) is 11.0 Å². The average Bonchev–Trinajstić information content (AvgIpc) is 3.17. The smallest absolute Gasteiger partial charge is 0.242 e. The first kappa shape index (κ1) is 18.8. The molecule has 0 bridgehead atoms. The average molecular weight is 396 g/mol. The molecule has 28 heavy (non-hydrogen) atoms. The summed E-state index contributed by atoms with van der Waals surface area (Å²) in [5.74, 6) is 0.870. The van der Waals surface area contributed by atoms with E-state index in [4.69, 9.17) is 0 Å². The van der Waals surface area contributed by atoms with Crippen molar-refractivity contribution in [3.05, 3.63) is 53.2 Å². The fourth-order valence-corrected chi connectivity index (χ4v) is 4.42. The predicted molar refractivity (Wildman–Crippen MR) is 114 cm³/mol. The third-order valence-electron chi connectivity index (χ3n) is 5.11. The summed E-state index contributed by atoms with van der Waals surface area (Å²) in [6.45, 7) is 6.69. The van der Waals surface area contributed by atoms with Crippen molar-refractivity contribution in [2.45, 2.75) is 19.9 Å². The molecular formula is C21H25N5OS. The summed E-state index contributed by atoms with van der Waals surface area (Å²) in [5.41, 5.74) is 1.32. The van der Waals surface area contributed by atoms with E-state index < -0.39 is 0 Å². The molecule has 146 valence electrons. The molecule has 1 fully saturated rings. The first-order valence-corrected chi connectivity index (χ1v) is 10.6. The van der Waals surface area contributed by atoms with Crippen molar-refractivity contribution in [3.8, 4) is 0 Å². The summed E-state index contributed by atoms with van der Waals surface area (Å²) in [7, 11) is 0. The Labute approximate surface area is 169 Å². The summed E-state index contributed by atoms with van der Waals surface area (Å²) in [6.07, 6.45) is 2.54. The number of piperazine rings is 1. The molecule has 4 rings (SSSR count). The van der Waals surface area contributed by atoms with Crippen molar-refractivity contribution in [1.29, 1.82) is 0 Å². The highest BCUT2D eigenvalue weighted by Gasteiger charge is 2.21. The summed E-state index contributed by atoms with van der Waals surface area (Å²) in [4.78, 5) is 27.9. The van der Waals surface area contributed by atoms with Gasteiger partial charge in [-0.05, 0) is 18.1 Å². The Balaban J connectivity index is 1.30. The fraction of sp³-hybridized carbons (Fsp3) is 0.381. The maximum Gasteiger partial charge on any atom is 0.242 e. The topological polar surface area (TPSA) is 61.4 Å². The van der Waals surface area contributed by atoms with Crippen LogP contribution in [0.2, 0.25) is 0 Å². The molecule has 1 saturated heterocycles.